The van der Waals surface area contributed by atoms with E-state index in [1.54, 1.807) is 0 Å². The fourth-order valence-corrected chi connectivity index (χ4v) is 2.39. The molecule has 0 N–H and O–H groups in total. The van der Waals surface area contributed by atoms with E-state index in [4.69, 9.17) is 5.26 Å². The van der Waals surface area contributed by atoms with Crippen LogP contribution in [-0.2, 0) is 0 Å². The van der Waals surface area contributed by atoms with E-state index in [0.29, 0.717) is 5.92 Å². The van der Waals surface area contributed by atoms with E-state index >= 15 is 0 Å². The zero-order valence-corrected chi connectivity index (χ0v) is 10.3. The van der Waals surface area contributed by atoms with Crippen molar-refractivity contribution in [3.8, 4) is 6.07 Å². The zero-order valence-electron chi connectivity index (χ0n) is 10.3. The van der Waals surface area contributed by atoms with Crippen molar-refractivity contribution in [2.75, 3.05) is 0 Å². The van der Waals surface area contributed by atoms with Gasteiger partial charge in [-0.05, 0) is 38.0 Å². The molecule has 0 saturated heterocycles. The molecule has 1 unspecified atom stereocenters. The number of rotatable bonds is 3. The zero-order chi connectivity index (χ0) is 11.6. The summed E-state index contributed by atoms with van der Waals surface area (Å²) in [5.41, 5.74) is 2.92. The van der Waals surface area contributed by atoms with Crippen LogP contribution >= 0.6 is 0 Å². The fraction of sp³-hybridized carbons (Fsp3) is 0.643. The maximum atomic E-state index is 8.80. The SMILES string of the molecule is C=C(C[C@@H](C)C#N)C1CC=C(C)C1(C)C. The van der Waals surface area contributed by atoms with Crippen molar-refractivity contribution in [2.45, 2.75) is 40.5 Å². The number of allylic oxidation sites excluding steroid dienone is 3. The van der Waals surface area contributed by atoms with Gasteiger partial charge in [-0.25, -0.2) is 0 Å². The second-order valence-corrected chi connectivity index (χ2v) is 5.29. The molecule has 0 radical (unpaired) electrons. The van der Waals surface area contributed by atoms with Gasteiger partial charge in [-0.3, -0.25) is 0 Å². The van der Waals surface area contributed by atoms with Crippen molar-refractivity contribution in [2.24, 2.45) is 17.3 Å². The summed E-state index contributed by atoms with van der Waals surface area (Å²) in [5, 5.41) is 8.80. The predicted molar refractivity (Wildman–Crippen MR) is 64.2 cm³/mol. The molecule has 0 aromatic carbocycles. The van der Waals surface area contributed by atoms with Crippen molar-refractivity contribution in [3.63, 3.8) is 0 Å². The van der Waals surface area contributed by atoms with Gasteiger partial charge in [-0.2, -0.15) is 5.26 Å². The average molecular weight is 203 g/mol. The van der Waals surface area contributed by atoms with Gasteiger partial charge < -0.3 is 0 Å². The lowest BCUT2D eigenvalue weighted by Gasteiger charge is -2.31. The van der Waals surface area contributed by atoms with Crippen LogP contribution in [0.5, 0.6) is 0 Å². The Labute approximate surface area is 93.5 Å². The molecule has 1 aliphatic rings. The summed E-state index contributed by atoms with van der Waals surface area (Å²) < 4.78 is 0. The van der Waals surface area contributed by atoms with Crippen LogP contribution in [0, 0.1) is 28.6 Å². The van der Waals surface area contributed by atoms with Crippen molar-refractivity contribution in [1.82, 2.24) is 0 Å². The smallest absolute Gasteiger partial charge is 0.0656 e. The molecule has 0 amide bonds. The minimum atomic E-state index is 0.0919. The Bertz CT molecular complexity index is 328. The monoisotopic (exact) mass is 203 g/mol. The molecule has 0 aromatic heterocycles. The summed E-state index contributed by atoms with van der Waals surface area (Å²) >= 11 is 0. The summed E-state index contributed by atoms with van der Waals surface area (Å²) in [6, 6.07) is 2.28. The van der Waals surface area contributed by atoms with Crippen LogP contribution in [0.4, 0.5) is 0 Å². The molecule has 0 bridgehead atoms. The summed E-state index contributed by atoms with van der Waals surface area (Å²) in [5.74, 6) is 0.613. The summed E-state index contributed by atoms with van der Waals surface area (Å²) in [6.45, 7) is 12.9. The van der Waals surface area contributed by atoms with Crippen LogP contribution in [0.1, 0.15) is 40.5 Å². The summed E-state index contributed by atoms with van der Waals surface area (Å²) in [7, 11) is 0. The molecule has 0 aromatic rings. The van der Waals surface area contributed by atoms with Crippen LogP contribution in [0.2, 0.25) is 0 Å². The Morgan fingerprint density at radius 3 is 2.73 bits per heavy atom. The lowest BCUT2D eigenvalue weighted by Crippen LogP contribution is -2.22. The van der Waals surface area contributed by atoms with E-state index in [1.807, 2.05) is 6.92 Å². The Hall–Kier alpha value is -1.03. The van der Waals surface area contributed by atoms with Gasteiger partial charge in [0.15, 0.2) is 0 Å². The van der Waals surface area contributed by atoms with E-state index in [-0.39, 0.29) is 11.3 Å². The van der Waals surface area contributed by atoms with E-state index < -0.39 is 0 Å². The Morgan fingerprint density at radius 1 is 1.73 bits per heavy atom. The van der Waals surface area contributed by atoms with Crippen molar-refractivity contribution in [1.29, 1.82) is 5.26 Å². The minimum absolute atomic E-state index is 0.0919. The van der Waals surface area contributed by atoms with Crippen molar-refractivity contribution < 1.29 is 0 Å². The standard InChI is InChI=1S/C14H21N/c1-10(9-15)8-11(2)13-7-6-12(3)14(13,4)5/h6,10,13H,2,7-8H2,1,3-5H3/t10-,13?/m1/s1. The van der Waals surface area contributed by atoms with Crippen molar-refractivity contribution >= 4 is 0 Å². The summed E-state index contributed by atoms with van der Waals surface area (Å²) in [4.78, 5) is 0. The number of hydrogen-bond donors (Lipinski definition) is 0. The first kappa shape index (κ1) is 12.0. The third kappa shape index (κ3) is 2.31. The molecule has 1 heteroatoms. The molecular formula is C14H21N. The number of nitrogens with zero attached hydrogens (tertiary/aromatic N) is 1. The molecule has 0 aliphatic heterocycles. The van der Waals surface area contributed by atoms with Crippen molar-refractivity contribution in [3.05, 3.63) is 23.8 Å². The van der Waals surface area contributed by atoms with Gasteiger partial charge in [0.2, 0.25) is 0 Å². The lowest BCUT2D eigenvalue weighted by molar-refractivity contribution is 0.326. The molecule has 0 saturated carbocycles. The first-order chi connectivity index (χ1) is 6.89. The van der Waals surface area contributed by atoms with E-state index in [0.717, 1.165) is 12.8 Å². The highest BCUT2D eigenvalue weighted by molar-refractivity contribution is 5.25. The quantitative estimate of drug-likeness (QED) is 0.634. The molecule has 1 nitrogen and oxygen atoms in total. The van der Waals surface area contributed by atoms with Gasteiger partial charge in [0.1, 0.15) is 0 Å². The highest BCUT2D eigenvalue weighted by Crippen LogP contribution is 2.47. The van der Waals surface area contributed by atoms with Gasteiger partial charge >= 0.3 is 0 Å². The minimum Gasteiger partial charge on any atom is -0.198 e. The largest absolute Gasteiger partial charge is 0.198 e. The van der Waals surface area contributed by atoms with Crippen LogP contribution < -0.4 is 0 Å². The third-order valence-electron chi connectivity index (χ3n) is 3.83. The molecule has 0 fully saturated rings. The lowest BCUT2D eigenvalue weighted by atomic mass is 9.73. The molecule has 82 valence electrons. The normalized spacial score (nSPS) is 25.5. The molecular weight excluding hydrogens is 182 g/mol. The van der Waals surface area contributed by atoms with E-state index in [1.165, 1.54) is 11.1 Å². The molecule has 1 rings (SSSR count). The van der Waals surface area contributed by atoms with Crippen LogP contribution in [0.3, 0.4) is 0 Å². The molecule has 2 atom stereocenters. The maximum Gasteiger partial charge on any atom is 0.0656 e. The summed E-state index contributed by atoms with van der Waals surface area (Å²) in [6.07, 6.45) is 4.24. The molecule has 0 heterocycles. The second kappa shape index (κ2) is 4.23. The first-order valence-electron chi connectivity index (χ1n) is 5.64. The van der Waals surface area contributed by atoms with Gasteiger partial charge in [0, 0.05) is 5.92 Å². The Kier molecular flexibility index (Phi) is 3.39. The average Bonchev–Trinajstić information content (AvgIpc) is 2.41. The van der Waals surface area contributed by atoms with Gasteiger partial charge in [-0.15, -0.1) is 0 Å². The highest BCUT2D eigenvalue weighted by atomic mass is 14.4. The maximum absolute atomic E-state index is 8.80. The second-order valence-electron chi connectivity index (χ2n) is 5.29. The van der Waals surface area contributed by atoms with Crippen LogP contribution in [0.15, 0.2) is 23.8 Å². The Morgan fingerprint density at radius 2 is 2.33 bits per heavy atom. The van der Waals surface area contributed by atoms with E-state index in [2.05, 4.69) is 39.5 Å². The number of hydrogen-bond acceptors (Lipinski definition) is 1. The highest BCUT2D eigenvalue weighted by Gasteiger charge is 2.36. The molecule has 1 aliphatic carbocycles. The fourth-order valence-electron chi connectivity index (χ4n) is 2.39. The topological polar surface area (TPSA) is 23.8 Å². The van der Waals surface area contributed by atoms with E-state index in [9.17, 15) is 0 Å². The Balaban J connectivity index is 2.69. The molecule has 15 heavy (non-hydrogen) atoms. The third-order valence-corrected chi connectivity index (χ3v) is 3.83. The van der Waals surface area contributed by atoms with Gasteiger partial charge in [-0.1, -0.05) is 37.6 Å². The van der Waals surface area contributed by atoms with Gasteiger partial charge in [0.05, 0.1) is 6.07 Å². The van der Waals surface area contributed by atoms with Gasteiger partial charge in [0.25, 0.3) is 0 Å². The van der Waals surface area contributed by atoms with Crippen LogP contribution in [0.25, 0.3) is 0 Å². The molecule has 0 spiro atoms. The number of nitriles is 1. The van der Waals surface area contributed by atoms with Crippen LogP contribution in [-0.4, -0.2) is 0 Å². The first-order valence-corrected chi connectivity index (χ1v) is 5.64. The predicted octanol–water partition coefficient (Wildman–Crippen LogP) is 4.08.